The van der Waals surface area contributed by atoms with Gasteiger partial charge in [0.05, 0.1) is 0 Å². The van der Waals surface area contributed by atoms with Crippen LogP contribution in [0.3, 0.4) is 0 Å². The highest BCUT2D eigenvalue weighted by Gasteiger charge is 2.12. The van der Waals surface area contributed by atoms with Crippen molar-refractivity contribution < 1.29 is 0 Å². The van der Waals surface area contributed by atoms with Crippen LogP contribution in [0.15, 0.2) is 17.1 Å². The summed E-state index contributed by atoms with van der Waals surface area (Å²) < 4.78 is 0. The summed E-state index contributed by atoms with van der Waals surface area (Å²) in [7, 11) is 0. The van der Waals surface area contributed by atoms with E-state index in [4.69, 9.17) is 0 Å². The summed E-state index contributed by atoms with van der Waals surface area (Å²) in [6.07, 6.45) is 10.7. The van der Waals surface area contributed by atoms with Crippen molar-refractivity contribution in [2.75, 3.05) is 32.7 Å². The van der Waals surface area contributed by atoms with Crippen LogP contribution in [0.25, 0.3) is 0 Å². The first-order chi connectivity index (χ1) is 9.38. The van der Waals surface area contributed by atoms with Crippen LogP contribution in [0, 0.1) is 0 Å². The Morgan fingerprint density at radius 3 is 2.68 bits per heavy atom. The molecule has 108 valence electrons. The van der Waals surface area contributed by atoms with Gasteiger partial charge in [0, 0.05) is 19.1 Å². The van der Waals surface area contributed by atoms with Crippen molar-refractivity contribution in [1.29, 1.82) is 0 Å². The first-order valence-corrected chi connectivity index (χ1v) is 7.80. The fourth-order valence-corrected chi connectivity index (χ4v) is 2.74. The third-order valence-electron chi connectivity index (χ3n) is 3.79. The van der Waals surface area contributed by atoms with E-state index in [2.05, 4.69) is 39.6 Å². The third kappa shape index (κ3) is 5.23. The van der Waals surface area contributed by atoms with E-state index in [9.17, 15) is 0 Å². The highest BCUT2D eigenvalue weighted by atomic mass is 15.2. The summed E-state index contributed by atoms with van der Waals surface area (Å²) >= 11 is 0. The highest BCUT2D eigenvalue weighted by Crippen LogP contribution is 2.09. The molecule has 0 atom stereocenters. The molecule has 0 bridgehead atoms. The molecule has 2 rings (SSSR count). The topological polar surface area (TPSA) is 39.7 Å². The molecule has 4 nitrogen and oxygen atoms in total. The quantitative estimate of drug-likeness (QED) is 0.332. The minimum Gasteiger partial charge on any atom is -0.357 e. The molecule has 1 aliphatic heterocycles. The van der Waals surface area contributed by atoms with Crippen LogP contribution in [-0.4, -0.2) is 49.6 Å². The Balaban J connectivity index is 1.66. The summed E-state index contributed by atoms with van der Waals surface area (Å²) in [6, 6.07) is 0.538. The molecule has 0 amide bonds. The summed E-state index contributed by atoms with van der Waals surface area (Å²) in [6.45, 7) is 7.75. The van der Waals surface area contributed by atoms with Crippen molar-refractivity contribution in [2.45, 2.75) is 45.1 Å². The lowest BCUT2D eigenvalue weighted by Gasteiger charge is -2.17. The largest absolute Gasteiger partial charge is 0.357 e. The van der Waals surface area contributed by atoms with Gasteiger partial charge in [0.25, 0.3) is 0 Å². The fourth-order valence-electron chi connectivity index (χ4n) is 2.74. The van der Waals surface area contributed by atoms with Crippen molar-refractivity contribution in [3.63, 3.8) is 0 Å². The highest BCUT2D eigenvalue weighted by molar-refractivity contribution is 5.80. The first kappa shape index (κ1) is 14.4. The molecule has 0 spiro atoms. The second kappa shape index (κ2) is 8.20. The number of hydrogen-bond donors (Lipinski definition) is 2. The Labute approximate surface area is 117 Å². The lowest BCUT2D eigenvalue weighted by Crippen LogP contribution is -2.42. The predicted molar refractivity (Wildman–Crippen MR) is 81.6 cm³/mol. The van der Waals surface area contributed by atoms with Crippen LogP contribution in [0.4, 0.5) is 0 Å². The molecule has 19 heavy (non-hydrogen) atoms. The molecular weight excluding hydrogens is 236 g/mol. The number of nitrogens with zero attached hydrogens (tertiary/aromatic N) is 2. The molecule has 4 heteroatoms. The normalized spacial score (nSPS) is 21.2. The average molecular weight is 264 g/mol. The Morgan fingerprint density at radius 1 is 1.26 bits per heavy atom. The number of guanidine groups is 1. The third-order valence-corrected chi connectivity index (χ3v) is 3.79. The number of aliphatic imine (C=N–C) groups is 1. The average Bonchev–Trinajstić information content (AvgIpc) is 3.08. The molecule has 1 aliphatic carbocycles. The summed E-state index contributed by atoms with van der Waals surface area (Å²) in [5.74, 6) is 0.984. The summed E-state index contributed by atoms with van der Waals surface area (Å²) in [5, 5.41) is 6.84. The maximum atomic E-state index is 4.68. The lowest BCUT2D eigenvalue weighted by molar-refractivity contribution is 0.336. The van der Waals surface area contributed by atoms with Crippen molar-refractivity contribution >= 4 is 5.96 Å². The van der Waals surface area contributed by atoms with Crippen molar-refractivity contribution in [1.82, 2.24) is 15.5 Å². The van der Waals surface area contributed by atoms with Crippen LogP contribution in [0.5, 0.6) is 0 Å². The molecule has 1 saturated heterocycles. The Bertz CT molecular complexity index is 297. The van der Waals surface area contributed by atoms with Crippen LogP contribution < -0.4 is 10.6 Å². The van der Waals surface area contributed by atoms with Crippen LogP contribution in [0.2, 0.25) is 0 Å². The van der Waals surface area contributed by atoms with Gasteiger partial charge < -0.3 is 15.5 Å². The maximum absolute atomic E-state index is 4.68. The van der Waals surface area contributed by atoms with Crippen LogP contribution >= 0.6 is 0 Å². The summed E-state index contributed by atoms with van der Waals surface area (Å²) in [5.41, 5.74) is 0. The van der Waals surface area contributed by atoms with E-state index in [0.717, 1.165) is 31.9 Å². The van der Waals surface area contributed by atoms with E-state index >= 15 is 0 Å². The van der Waals surface area contributed by atoms with Crippen LogP contribution in [0.1, 0.15) is 39.0 Å². The smallest absolute Gasteiger partial charge is 0.191 e. The second-order valence-electron chi connectivity index (χ2n) is 5.45. The molecule has 1 fully saturated rings. The molecule has 1 heterocycles. The molecule has 0 saturated carbocycles. The van der Waals surface area contributed by atoms with Gasteiger partial charge >= 0.3 is 0 Å². The first-order valence-electron chi connectivity index (χ1n) is 7.80. The van der Waals surface area contributed by atoms with E-state index in [-0.39, 0.29) is 0 Å². The van der Waals surface area contributed by atoms with Crippen molar-refractivity contribution in [3.8, 4) is 0 Å². The predicted octanol–water partition coefficient (Wildman–Crippen LogP) is 1.75. The van der Waals surface area contributed by atoms with Gasteiger partial charge in [-0.3, -0.25) is 4.99 Å². The van der Waals surface area contributed by atoms with Crippen molar-refractivity contribution in [2.24, 2.45) is 4.99 Å². The van der Waals surface area contributed by atoms with Crippen LogP contribution in [-0.2, 0) is 0 Å². The van der Waals surface area contributed by atoms with Gasteiger partial charge in [0.15, 0.2) is 5.96 Å². The zero-order valence-corrected chi connectivity index (χ0v) is 12.2. The fraction of sp³-hybridized carbons (Fsp3) is 0.800. The zero-order chi connectivity index (χ0) is 13.3. The second-order valence-corrected chi connectivity index (χ2v) is 5.45. The molecule has 0 aromatic heterocycles. The molecule has 0 unspecified atom stereocenters. The lowest BCUT2D eigenvalue weighted by atomic mass is 10.2. The Morgan fingerprint density at radius 2 is 2.00 bits per heavy atom. The molecular formula is C15H28N4. The zero-order valence-electron chi connectivity index (χ0n) is 12.2. The van der Waals surface area contributed by atoms with Crippen molar-refractivity contribution in [3.05, 3.63) is 12.2 Å². The maximum Gasteiger partial charge on any atom is 0.191 e. The van der Waals surface area contributed by atoms with Gasteiger partial charge in [0.1, 0.15) is 0 Å². The monoisotopic (exact) mass is 264 g/mol. The van der Waals surface area contributed by atoms with E-state index in [1.807, 2.05) is 0 Å². The molecule has 0 aromatic rings. The number of rotatable bonds is 6. The summed E-state index contributed by atoms with van der Waals surface area (Å²) in [4.78, 5) is 7.23. The van der Waals surface area contributed by atoms with Gasteiger partial charge in [-0.1, -0.05) is 12.2 Å². The Hall–Kier alpha value is -1.03. The minimum absolute atomic E-state index is 0.538. The van der Waals surface area contributed by atoms with Gasteiger partial charge in [-0.15, -0.1) is 0 Å². The SMILES string of the molecule is CCNC(=NCCCN1CCCC1)NC1CC=CC1. The van der Waals surface area contributed by atoms with E-state index in [1.165, 1.54) is 38.9 Å². The minimum atomic E-state index is 0.538. The molecule has 2 N–H and O–H groups in total. The standard InChI is InChI=1S/C15H28N4/c1-2-16-15(18-14-8-3-4-9-14)17-10-7-13-19-11-5-6-12-19/h3-4,14H,2,5-13H2,1H3,(H2,16,17,18). The van der Waals surface area contributed by atoms with E-state index in [1.54, 1.807) is 0 Å². The van der Waals surface area contributed by atoms with E-state index < -0.39 is 0 Å². The number of likely N-dealkylation sites (tertiary alicyclic amines) is 1. The van der Waals surface area contributed by atoms with E-state index in [0.29, 0.717) is 6.04 Å². The van der Waals surface area contributed by atoms with Gasteiger partial charge in [-0.25, -0.2) is 0 Å². The van der Waals surface area contributed by atoms with Gasteiger partial charge in [-0.05, 0) is 58.7 Å². The molecule has 2 aliphatic rings. The van der Waals surface area contributed by atoms with Gasteiger partial charge in [-0.2, -0.15) is 0 Å². The van der Waals surface area contributed by atoms with Gasteiger partial charge in [0.2, 0.25) is 0 Å². The molecule has 0 aromatic carbocycles. The Kier molecular flexibility index (Phi) is 6.21. The number of hydrogen-bond acceptors (Lipinski definition) is 2. The number of nitrogens with one attached hydrogen (secondary N) is 2. The molecule has 0 radical (unpaired) electrons.